The van der Waals surface area contributed by atoms with E-state index in [4.69, 9.17) is 4.74 Å². The van der Waals surface area contributed by atoms with E-state index in [-0.39, 0.29) is 11.6 Å². The predicted molar refractivity (Wildman–Crippen MR) is 51.3 cm³/mol. The van der Waals surface area contributed by atoms with Gasteiger partial charge >= 0.3 is 0 Å². The average molecular weight is 269 g/mol. The highest BCUT2D eigenvalue weighted by Crippen LogP contribution is 2.22. The predicted octanol–water partition coefficient (Wildman–Crippen LogP) is 0.852. The SMILES string of the molecule is CCS(=O)(=O)n1cc(Br)c(OC)n1. The first-order chi connectivity index (χ1) is 6.01. The largest absolute Gasteiger partial charge is 0.479 e. The van der Waals surface area contributed by atoms with Gasteiger partial charge in [-0.1, -0.05) is 0 Å². The van der Waals surface area contributed by atoms with Crippen LogP contribution in [0.25, 0.3) is 0 Å². The monoisotopic (exact) mass is 268 g/mol. The van der Waals surface area contributed by atoms with E-state index in [1.807, 2.05) is 0 Å². The van der Waals surface area contributed by atoms with Gasteiger partial charge in [0.15, 0.2) is 0 Å². The van der Waals surface area contributed by atoms with Crippen molar-refractivity contribution in [1.82, 2.24) is 9.19 Å². The summed E-state index contributed by atoms with van der Waals surface area (Å²) >= 11 is 3.13. The van der Waals surface area contributed by atoms with Gasteiger partial charge in [0.05, 0.1) is 19.1 Å². The molecule has 0 aliphatic rings. The number of rotatable bonds is 3. The summed E-state index contributed by atoms with van der Waals surface area (Å²) < 4.78 is 28.9. The minimum Gasteiger partial charge on any atom is -0.479 e. The Labute approximate surface area is 84.9 Å². The number of halogens is 1. The zero-order valence-corrected chi connectivity index (χ0v) is 9.59. The highest BCUT2D eigenvalue weighted by molar-refractivity contribution is 9.10. The Kier molecular flexibility index (Phi) is 2.97. The van der Waals surface area contributed by atoms with Gasteiger partial charge in [-0.25, -0.2) is 8.42 Å². The molecule has 0 spiro atoms. The molecule has 5 nitrogen and oxygen atoms in total. The molecule has 0 unspecified atom stereocenters. The molecule has 0 atom stereocenters. The van der Waals surface area contributed by atoms with Crippen LogP contribution in [-0.2, 0) is 10.0 Å². The van der Waals surface area contributed by atoms with Gasteiger partial charge in [0, 0.05) is 0 Å². The molecule has 0 N–H and O–H groups in total. The summed E-state index contributed by atoms with van der Waals surface area (Å²) in [7, 11) is -1.89. The van der Waals surface area contributed by atoms with Crippen molar-refractivity contribution in [2.24, 2.45) is 0 Å². The van der Waals surface area contributed by atoms with Gasteiger partial charge in [-0.15, -0.1) is 5.10 Å². The van der Waals surface area contributed by atoms with Crippen molar-refractivity contribution >= 4 is 26.0 Å². The first-order valence-electron chi connectivity index (χ1n) is 3.53. The fraction of sp³-hybridized carbons (Fsp3) is 0.500. The molecule has 1 aromatic rings. The van der Waals surface area contributed by atoms with E-state index in [0.29, 0.717) is 4.47 Å². The lowest BCUT2D eigenvalue weighted by molar-refractivity contribution is 0.392. The minimum absolute atomic E-state index is 0.00424. The molecular formula is C6H9BrN2O3S. The zero-order valence-electron chi connectivity index (χ0n) is 7.19. The Balaban J connectivity index is 3.19. The Hall–Kier alpha value is -0.560. The Morgan fingerprint density at radius 2 is 2.31 bits per heavy atom. The highest BCUT2D eigenvalue weighted by atomic mass is 79.9. The molecule has 0 fully saturated rings. The lowest BCUT2D eigenvalue weighted by Crippen LogP contribution is -2.15. The minimum atomic E-state index is -3.31. The van der Waals surface area contributed by atoms with Gasteiger partial charge in [0.2, 0.25) is 5.88 Å². The molecule has 0 saturated heterocycles. The molecule has 0 amide bonds. The average Bonchev–Trinajstić information content (AvgIpc) is 2.47. The lowest BCUT2D eigenvalue weighted by Gasteiger charge is -1.98. The molecule has 7 heteroatoms. The quantitative estimate of drug-likeness (QED) is 0.816. The Bertz CT molecular complexity index is 398. The zero-order chi connectivity index (χ0) is 10.1. The van der Waals surface area contributed by atoms with E-state index in [2.05, 4.69) is 21.0 Å². The molecule has 0 saturated carbocycles. The maximum Gasteiger partial charge on any atom is 0.253 e. The van der Waals surface area contributed by atoms with Crippen molar-refractivity contribution in [2.45, 2.75) is 6.92 Å². The van der Waals surface area contributed by atoms with Crippen LogP contribution < -0.4 is 4.74 Å². The van der Waals surface area contributed by atoms with Gasteiger partial charge in [-0.3, -0.25) is 0 Å². The van der Waals surface area contributed by atoms with Crippen LogP contribution in [-0.4, -0.2) is 30.5 Å². The van der Waals surface area contributed by atoms with Crippen molar-refractivity contribution in [2.75, 3.05) is 12.9 Å². The van der Waals surface area contributed by atoms with Gasteiger partial charge in [-0.05, 0) is 22.9 Å². The lowest BCUT2D eigenvalue weighted by atomic mass is 10.7. The number of hydrogen-bond acceptors (Lipinski definition) is 4. The molecule has 1 aromatic heterocycles. The Morgan fingerprint density at radius 1 is 1.69 bits per heavy atom. The van der Waals surface area contributed by atoms with E-state index in [1.165, 1.54) is 13.3 Å². The summed E-state index contributed by atoms with van der Waals surface area (Å²) in [5.74, 6) is 0.265. The molecule has 74 valence electrons. The number of hydrogen-bond donors (Lipinski definition) is 0. The number of aromatic nitrogens is 2. The van der Waals surface area contributed by atoms with E-state index in [9.17, 15) is 8.42 Å². The summed E-state index contributed by atoms with van der Waals surface area (Å²) in [6.45, 7) is 1.55. The normalized spacial score (nSPS) is 11.6. The van der Waals surface area contributed by atoms with Crippen molar-refractivity contribution in [3.8, 4) is 5.88 Å². The first kappa shape index (κ1) is 10.5. The first-order valence-corrected chi connectivity index (χ1v) is 5.94. The van der Waals surface area contributed by atoms with Crippen LogP contribution in [0.2, 0.25) is 0 Å². The molecular weight excluding hydrogens is 260 g/mol. The summed E-state index contributed by atoms with van der Waals surface area (Å²) in [5.41, 5.74) is 0. The standard InChI is InChI=1S/C6H9BrN2O3S/c1-3-13(10,11)9-4-5(7)6(8-9)12-2/h4H,3H2,1-2H3. The van der Waals surface area contributed by atoms with Crippen LogP contribution in [0.15, 0.2) is 10.7 Å². The maximum absolute atomic E-state index is 11.3. The van der Waals surface area contributed by atoms with Crippen LogP contribution in [0.3, 0.4) is 0 Å². The van der Waals surface area contributed by atoms with Crippen molar-refractivity contribution in [3.63, 3.8) is 0 Å². The molecule has 0 aromatic carbocycles. The van der Waals surface area contributed by atoms with Crippen LogP contribution >= 0.6 is 15.9 Å². The highest BCUT2D eigenvalue weighted by Gasteiger charge is 2.15. The van der Waals surface area contributed by atoms with E-state index >= 15 is 0 Å². The molecule has 0 aliphatic carbocycles. The molecule has 1 heterocycles. The van der Waals surface area contributed by atoms with Crippen molar-refractivity contribution in [3.05, 3.63) is 10.7 Å². The fourth-order valence-electron chi connectivity index (χ4n) is 0.731. The molecule has 0 radical (unpaired) electrons. The fourth-order valence-corrected chi connectivity index (χ4v) is 2.03. The summed E-state index contributed by atoms with van der Waals surface area (Å²) in [6.07, 6.45) is 1.36. The smallest absolute Gasteiger partial charge is 0.253 e. The van der Waals surface area contributed by atoms with Gasteiger partial charge in [-0.2, -0.15) is 4.09 Å². The van der Waals surface area contributed by atoms with Crippen LogP contribution in [0, 0.1) is 0 Å². The third-order valence-electron chi connectivity index (χ3n) is 1.46. The van der Waals surface area contributed by atoms with Gasteiger partial charge < -0.3 is 4.74 Å². The summed E-state index contributed by atoms with van der Waals surface area (Å²) in [5, 5.41) is 3.73. The molecule has 0 bridgehead atoms. The number of ether oxygens (including phenoxy) is 1. The third kappa shape index (κ3) is 2.02. The second kappa shape index (κ2) is 3.67. The third-order valence-corrected chi connectivity index (χ3v) is 3.49. The number of nitrogens with zero attached hydrogens (tertiary/aromatic N) is 2. The topological polar surface area (TPSA) is 61.2 Å². The summed E-state index contributed by atoms with van der Waals surface area (Å²) in [6, 6.07) is 0. The molecule has 13 heavy (non-hydrogen) atoms. The molecule has 0 aliphatic heterocycles. The molecule has 1 rings (SSSR count). The van der Waals surface area contributed by atoms with E-state index in [0.717, 1.165) is 4.09 Å². The second-order valence-corrected chi connectivity index (χ2v) is 5.23. The summed E-state index contributed by atoms with van der Waals surface area (Å²) in [4.78, 5) is 0. The maximum atomic E-state index is 11.3. The van der Waals surface area contributed by atoms with Crippen molar-refractivity contribution < 1.29 is 13.2 Å². The van der Waals surface area contributed by atoms with Crippen LogP contribution in [0.1, 0.15) is 6.92 Å². The van der Waals surface area contributed by atoms with E-state index < -0.39 is 10.0 Å². The van der Waals surface area contributed by atoms with Crippen LogP contribution in [0.5, 0.6) is 5.88 Å². The van der Waals surface area contributed by atoms with Crippen molar-refractivity contribution in [1.29, 1.82) is 0 Å². The van der Waals surface area contributed by atoms with Gasteiger partial charge in [0.1, 0.15) is 4.47 Å². The van der Waals surface area contributed by atoms with Crippen LogP contribution in [0.4, 0.5) is 0 Å². The number of methoxy groups -OCH3 is 1. The van der Waals surface area contributed by atoms with E-state index in [1.54, 1.807) is 6.92 Å². The second-order valence-electron chi connectivity index (χ2n) is 2.26. The van der Waals surface area contributed by atoms with Gasteiger partial charge in [0.25, 0.3) is 10.0 Å². The Morgan fingerprint density at radius 3 is 2.69 bits per heavy atom.